The van der Waals surface area contributed by atoms with E-state index in [2.05, 4.69) is 0 Å². The molecule has 1 aliphatic rings. The highest BCUT2D eigenvalue weighted by Gasteiger charge is 2.68. The Bertz CT molecular complexity index is 1240. The largest absolute Gasteiger partial charge is 0.468 e. The Morgan fingerprint density at radius 1 is 0.821 bits per heavy atom. The lowest BCUT2D eigenvalue weighted by atomic mass is 9.74. The quantitative estimate of drug-likeness (QED) is 0.304. The third kappa shape index (κ3) is 5.25. The second-order valence-electron chi connectivity index (χ2n) is 10.1. The molecule has 0 N–H and O–H groups in total. The molecule has 39 heavy (non-hydrogen) atoms. The molecule has 0 unspecified atom stereocenters. The van der Waals surface area contributed by atoms with Crippen LogP contribution in [0.4, 0.5) is 4.79 Å². The van der Waals surface area contributed by atoms with Gasteiger partial charge in [0.1, 0.15) is 5.60 Å². The molecule has 0 bridgehead atoms. The summed E-state index contributed by atoms with van der Waals surface area (Å²) in [5.41, 5.74) is -2.82. The summed E-state index contributed by atoms with van der Waals surface area (Å²) in [7, 11) is 4.33. The minimum absolute atomic E-state index is 0.380. The first-order valence-corrected chi connectivity index (χ1v) is 12.2. The number of methoxy groups -OCH3 is 4. The number of nitrogens with zero attached hydrogens (tertiary/aromatic N) is 1. The molecular weight excluding hydrogens is 510 g/mol. The molecule has 3 rings (SSSR count). The second-order valence-corrected chi connectivity index (χ2v) is 10.1. The lowest BCUT2D eigenvalue weighted by molar-refractivity contribution is -0.171. The first-order valence-electron chi connectivity index (χ1n) is 12.2. The van der Waals surface area contributed by atoms with Crippen molar-refractivity contribution >= 4 is 40.7 Å². The van der Waals surface area contributed by atoms with Crippen LogP contribution in [0.2, 0.25) is 0 Å². The number of hydrogen-bond donors (Lipinski definition) is 0. The molecule has 0 radical (unpaired) electrons. The lowest BCUT2D eigenvalue weighted by Crippen LogP contribution is -2.50. The molecule has 1 heterocycles. The van der Waals surface area contributed by atoms with Gasteiger partial charge in [-0.3, -0.25) is 24.1 Å². The van der Waals surface area contributed by atoms with Crippen molar-refractivity contribution in [1.29, 1.82) is 0 Å². The number of carbonyl (C=O) groups excluding carboxylic acids is 5. The van der Waals surface area contributed by atoms with E-state index in [-0.39, 0.29) is 0 Å². The van der Waals surface area contributed by atoms with Crippen molar-refractivity contribution in [2.45, 2.75) is 44.9 Å². The van der Waals surface area contributed by atoms with E-state index in [1.807, 2.05) is 18.2 Å². The molecular formula is C28H33NO10. The molecule has 0 aromatic heterocycles. The van der Waals surface area contributed by atoms with E-state index in [1.54, 1.807) is 45.0 Å². The van der Waals surface area contributed by atoms with E-state index in [9.17, 15) is 24.0 Å². The molecule has 2 atom stereocenters. The fourth-order valence-corrected chi connectivity index (χ4v) is 5.21. The van der Waals surface area contributed by atoms with Gasteiger partial charge in [0, 0.05) is 0 Å². The van der Waals surface area contributed by atoms with Crippen LogP contribution in [0.15, 0.2) is 42.5 Å². The number of rotatable bonds is 6. The summed E-state index contributed by atoms with van der Waals surface area (Å²) in [4.78, 5) is 68.2. The fourth-order valence-electron chi connectivity index (χ4n) is 5.21. The van der Waals surface area contributed by atoms with Gasteiger partial charge in [-0.1, -0.05) is 42.5 Å². The monoisotopic (exact) mass is 543 g/mol. The molecule has 210 valence electrons. The first-order chi connectivity index (χ1) is 18.4. The minimum atomic E-state index is -2.19. The van der Waals surface area contributed by atoms with E-state index in [4.69, 9.17) is 23.7 Å². The second kappa shape index (κ2) is 11.3. The average Bonchev–Trinajstić information content (AvgIpc) is 3.27. The smallest absolute Gasteiger partial charge is 0.411 e. The summed E-state index contributed by atoms with van der Waals surface area (Å²) in [6.07, 6.45) is -1.49. The van der Waals surface area contributed by atoms with Gasteiger partial charge in [0.2, 0.25) is 0 Å². The predicted octanol–water partition coefficient (Wildman–Crippen LogP) is 3.18. The predicted molar refractivity (Wildman–Crippen MR) is 137 cm³/mol. The van der Waals surface area contributed by atoms with Gasteiger partial charge in [0.15, 0.2) is 11.3 Å². The number of ether oxygens (including phenoxy) is 5. The Labute approximate surface area is 226 Å². The highest BCUT2D eigenvalue weighted by Crippen LogP contribution is 2.55. The topological polar surface area (TPSA) is 135 Å². The molecule has 2 aromatic carbocycles. The normalized spacial score (nSPS) is 18.4. The van der Waals surface area contributed by atoms with Gasteiger partial charge < -0.3 is 23.7 Å². The number of hydrogen-bond acceptors (Lipinski definition) is 10. The molecule has 0 spiro atoms. The highest BCUT2D eigenvalue weighted by molar-refractivity contribution is 6.04. The van der Waals surface area contributed by atoms with Crippen molar-refractivity contribution in [1.82, 2.24) is 4.90 Å². The first kappa shape index (κ1) is 29.4. The standard InChI is InChI=1S/C28H33NO10/c1-27(2,3)39-26(34)29-19(20(22(30)35-4)23(31)36-5)15-28(24(32)37-6,25(33)38-7)21(29)18-14-10-12-16-11-8-9-13-17(16)18/h8-14,19-21H,15H2,1-7H3/t19-,21-/m1/s1. The SMILES string of the molecule is COC(=O)C(C(=O)OC)[C@H]1CC(C(=O)OC)(C(=O)OC)[C@@H](c2cccc3ccccc23)N1C(=O)OC(C)(C)C. The number of fused-ring (bicyclic) bond motifs is 1. The third-order valence-corrected chi connectivity index (χ3v) is 6.75. The summed E-state index contributed by atoms with van der Waals surface area (Å²) in [5, 5.41) is 1.37. The zero-order chi connectivity index (χ0) is 29.1. The molecule has 0 aliphatic carbocycles. The van der Waals surface area contributed by atoms with Crippen LogP contribution in [-0.2, 0) is 42.9 Å². The maximum atomic E-state index is 13.9. The summed E-state index contributed by atoms with van der Waals surface area (Å²) in [6, 6.07) is 9.53. The van der Waals surface area contributed by atoms with Gasteiger partial charge in [-0.15, -0.1) is 0 Å². The van der Waals surface area contributed by atoms with Gasteiger partial charge in [-0.25, -0.2) is 4.79 Å². The number of benzene rings is 2. The van der Waals surface area contributed by atoms with Gasteiger partial charge in [-0.05, 0) is 43.5 Å². The number of amides is 1. The van der Waals surface area contributed by atoms with Crippen LogP contribution in [0.5, 0.6) is 0 Å². The van der Waals surface area contributed by atoms with Crippen LogP contribution < -0.4 is 0 Å². The van der Waals surface area contributed by atoms with E-state index in [0.29, 0.717) is 10.9 Å². The summed E-state index contributed by atoms with van der Waals surface area (Å²) >= 11 is 0. The zero-order valence-electron chi connectivity index (χ0n) is 23.0. The lowest BCUT2D eigenvalue weighted by Gasteiger charge is -2.37. The Balaban J connectivity index is 2.47. The Hall–Kier alpha value is -4.15. The van der Waals surface area contributed by atoms with Gasteiger partial charge in [0.05, 0.1) is 40.5 Å². The van der Waals surface area contributed by atoms with E-state index >= 15 is 0 Å². The van der Waals surface area contributed by atoms with Crippen LogP contribution in [0, 0.1) is 11.3 Å². The van der Waals surface area contributed by atoms with Crippen molar-refractivity contribution in [2.75, 3.05) is 28.4 Å². The molecule has 1 amide bonds. The highest BCUT2D eigenvalue weighted by atomic mass is 16.6. The Kier molecular flexibility index (Phi) is 8.52. The summed E-state index contributed by atoms with van der Waals surface area (Å²) in [6.45, 7) is 4.90. The Morgan fingerprint density at radius 3 is 1.87 bits per heavy atom. The molecule has 11 heteroatoms. The third-order valence-electron chi connectivity index (χ3n) is 6.75. The molecule has 1 aliphatic heterocycles. The minimum Gasteiger partial charge on any atom is -0.468 e. The molecule has 11 nitrogen and oxygen atoms in total. The number of esters is 4. The summed E-state index contributed by atoms with van der Waals surface area (Å²) < 4.78 is 25.7. The van der Waals surface area contributed by atoms with Crippen LogP contribution in [0.25, 0.3) is 10.8 Å². The van der Waals surface area contributed by atoms with Gasteiger partial charge in [0.25, 0.3) is 0 Å². The fraction of sp³-hybridized carbons (Fsp3) is 0.464. The number of carbonyl (C=O) groups is 5. The zero-order valence-corrected chi connectivity index (χ0v) is 23.0. The maximum absolute atomic E-state index is 13.9. The van der Waals surface area contributed by atoms with Crippen molar-refractivity contribution in [3.05, 3.63) is 48.0 Å². The van der Waals surface area contributed by atoms with E-state index < -0.39 is 65.4 Å². The van der Waals surface area contributed by atoms with Crippen molar-refractivity contribution in [3.8, 4) is 0 Å². The molecule has 1 saturated heterocycles. The summed E-state index contributed by atoms with van der Waals surface area (Å²) in [5.74, 6) is -5.81. The Morgan fingerprint density at radius 2 is 1.36 bits per heavy atom. The van der Waals surface area contributed by atoms with Gasteiger partial charge >= 0.3 is 30.0 Å². The van der Waals surface area contributed by atoms with E-state index in [1.165, 1.54) is 0 Å². The van der Waals surface area contributed by atoms with Crippen LogP contribution in [0.3, 0.4) is 0 Å². The number of likely N-dealkylation sites (tertiary alicyclic amines) is 1. The van der Waals surface area contributed by atoms with Crippen molar-refractivity contribution in [3.63, 3.8) is 0 Å². The average molecular weight is 544 g/mol. The van der Waals surface area contributed by atoms with Crippen molar-refractivity contribution in [2.24, 2.45) is 11.3 Å². The van der Waals surface area contributed by atoms with Crippen LogP contribution in [-0.4, -0.2) is 75.0 Å². The molecule has 1 fully saturated rings. The van der Waals surface area contributed by atoms with Crippen molar-refractivity contribution < 1.29 is 47.7 Å². The van der Waals surface area contributed by atoms with Gasteiger partial charge in [-0.2, -0.15) is 0 Å². The van der Waals surface area contributed by atoms with Crippen LogP contribution in [0.1, 0.15) is 38.8 Å². The molecule has 0 saturated carbocycles. The van der Waals surface area contributed by atoms with E-state index in [0.717, 1.165) is 38.7 Å². The maximum Gasteiger partial charge on any atom is 0.411 e. The van der Waals surface area contributed by atoms with Crippen LogP contribution >= 0.6 is 0 Å². The molecule has 2 aromatic rings.